The summed E-state index contributed by atoms with van der Waals surface area (Å²) in [5.41, 5.74) is 7.35. The molecule has 0 aromatic carbocycles. The molecular formula is C16H13N5O3S. The van der Waals surface area contributed by atoms with Crippen molar-refractivity contribution < 1.29 is 13.2 Å². The Kier molecular flexibility index (Phi) is 4.66. The highest BCUT2D eigenvalue weighted by atomic mass is 32.2. The lowest BCUT2D eigenvalue weighted by Crippen LogP contribution is -2.18. The maximum atomic E-state index is 12.4. The van der Waals surface area contributed by atoms with Crippen molar-refractivity contribution in [1.29, 1.82) is 0 Å². The molecular weight excluding hydrogens is 342 g/mol. The van der Waals surface area contributed by atoms with E-state index >= 15 is 0 Å². The van der Waals surface area contributed by atoms with E-state index < -0.39 is 16.2 Å². The van der Waals surface area contributed by atoms with Crippen LogP contribution in [0.3, 0.4) is 0 Å². The van der Waals surface area contributed by atoms with Gasteiger partial charge in [0.1, 0.15) is 0 Å². The van der Waals surface area contributed by atoms with Crippen LogP contribution in [0.5, 0.6) is 0 Å². The molecule has 0 saturated carbocycles. The number of carbonyl (C=O) groups is 1. The first-order chi connectivity index (χ1) is 12.0. The predicted molar refractivity (Wildman–Crippen MR) is 94.3 cm³/mol. The second kappa shape index (κ2) is 7.05. The molecule has 2 heterocycles. The van der Waals surface area contributed by atoms with Gasteiger partial charge in [-0.2, -0.15) is 8.42 Å². The summed E-state index contributed by atoms with van der Waals surface area (Å²) in [5, 5.41) is 2.64. The van der Waals surface area contributed by atoms with Crippen molar-refractivity contribution in [2.75, 3.05) is 11.1 Å². The van der Waals surface area contributed by atoms with Crippen molar-refractivity contribution in [2.24, 2.45) is 0 Å². The van der Waals surface area contributed by atoms with Crippen molar-refractivity contribution in [3.8, 4) is 0 Å². The average Bonchev–Trinajstić information content (AvgIpc) is 2.63. The van der Waals surface area contributed by atoms with E-state index in [0.29, 0.717) is 17.0 Å². The van der Waals surface area contributed by atoms with E-state index in [1.165, 1.54) is 18.5 Å². The van der Waals surface area contributed by atoms with Crippen LogP contribution in [0.1, 0.15) is 22.6 Å². The number of aromatic nitrogens is 3. The molecule has 1 aliphatic carbocycles. The van der Waals surface area contributed by atoms with E-state index in [0.717, 1.165) is 0 Å². The molecule has 126 valence electrons. The standard InChI is InChI=1S/C16H13N5O3S/c17-15-14(16(22)20-11-2-1-7-18-8-11)21-13(9-19-15)10-3-5-12(6-4-10)25(23)24/h1-5,7-9H,6H2,(H2,17,19)(H,20,22). The Labute approximate surface area is 144 Å². The number of amides is 1. The molecule has 2 aromatic rings. The van der Waals surface area contributed by atoms with Gasteiger partial charge in [0, 0.05) is 12.6 Å². The Morgan fingerprint density at radius 1 is 1.24 bits per heavy atom. The molecule has 3 N–H and O–H groups in total. The van der Waals surface area contributed by atoms with Crippen LogP contribution >= 0.6 is 0 Å². The fraction of sp³-hybridized carbons (Fsp3) is 0.0625. The van der Waals surface area contributed by atoms with Gasteiger partial charge in [0.05, 0.1) is 28.6 Å². The number of anilines is 2. The van der Waals surface area contributed by atoms with Crippen molar-refractivity contribution in [1.82, 2.24) is 15.0 Å². The zero-order chi connectivity index (χ0) is 17.8. The van der Waals surface area contributed by atoms with E-state index in [-0.39, 0.29) is 22.8 Å². The van der Waals surface area contributed by atoms with Gasteiger partial charge in [-0.3, -0.25) is 9.78 Å². The van der Waals surface area contributed by atoms with Gasteiger partial charge in [-0.1, -0.05) is 12.2 Å². The number of rotatable bonds is 3. The molecule has 0 fully saturated rings. The van der Waals surface area contributed by atoms with Crippen LogP contribution in [0.15, 0.2) is 49.0 Å². The zero-order valence-electron chi connectivity index (χ0n) is 12.9. The molecule has 0 atom stereocenters. The Hall–Kier alpha value is -3.33. The lowest BCUT2D eigenvalue weighted by atomic mass is 10.0. The number of hydrogen-bond donors (Lipinski definition) is 2. The fourth-order valence-corrected chi connectivity index (χ4v) is 2.57. The van der Waals surface area contributed by atoms with Gasteiger partial charge in [-0.25, -0.2) is 9.97 Å². The summed E-state index contributed by atoms with van der Waals surface area (Å²) in [6.45, 7) is 0. The summed E-state index contributed by atoms with van der Waals surface area (Å²) in [6.07, 6.45) is 9.58. The minimum Gasteiger partial charge on any atom is -0.382 e. The number of nitrogens with two attached hydrogens (primary N) is 1. The first-order valence-electron chi connectivity index (χ1n) is 7.22. The Morgan fingerprint density at radius 3 is 2.72 bits per heavy atom. The van der Waals surface area contributed by atoms with Crippen LogP contribution in [0.4, 0.5) is 11.5 Å². The van der Waals surface area contributed by atoms with Crippen LogP contribution in [0, 0.1) is 0 Å². The summed E-state index contributed by atoms with van der Waals surface area (Å²) in [6, 6.07) is 3.37. The fourth-order valence-electron chi connectivity index (χ4n) is 2.17. The first-order valence-corrected chi connectivity index (χ1v) is 8.29. The molecule has 3 rings (SSSR count). The molecule has 0 unspecified atom stereocenters. The van der Waals surface area contributed by atoms with Crippen molar-refractivity contribution >= 4 is 38.1 Å². The summed E-state index contributed by atoms with van der Waals surface area (Å²) < 4.78 is 21.9. The highest BCUT2D eigenvalue weighted by Gasteiger charge is 2.16. The molecule has 1 amide bonds. The monoisotopic (exact) mass is 355 g/mol. The van der Waals surface area contributed by atoms with Crippen LogP contribution in [0.25, 0.3) is 5.57 Å². The van der Waals surface area contributed by atoms with Crippen LogP contribution in [-0.2, 0) is 10.3 Å². The molecule has 0 bridgehead atoms. The maximum Gasteiger partial charge on any atom is 0.278 e. The number of hydrogen-bond acceptors (Lipinski definition) is 7. The number of carbonyl (C=O) groups excluding carboxylic acids is 1. The molecule has 2 aromatic heterocycles. The molecule has 0 aliphatic heterocycles. The Balaban J connectivity index is 1.88. The van der Waals surface area contributed by atoms with Crippen LogP contribution < -0.4 is 11.1 Å². The van der Waals surface area contributed by atoms with E-state index in [1.807, 2.05) is 0 Å². The minimum atomic E-state index is -2.25. The first kappa shape index (κ1) is 16.5. The molecule has 0 spiro atoms. The number of allylic oxidation sites excluding steroid dienone is 4. The molecule has 0 radical (unpaired) electrons. The number of nitrogen functional groups attached to an aromatic ring is 1. The molecule has 25 heavy (non-hydrogen) atoms. The lowest BCUT2D eigenvalue weighted by molar-refractivity contribution is 0.102. The third kappa shape index (κ3) is 3.78. The quantitative estimate of drug-likeness (QED) is 0.789. The summed E-state index contributed by atoms with van der Waals surface area (Å²) in [4.78, 5) is 24.8. The second-order valence-electron chi connectivity index (χ2n) is 5.08. The Morgan fingerprint density at radius 2 is 2.08 bits per heavy atom. The third-order valence-electron chi connectivity index (χ3n) is 3.42. The lowest BCUT2D eigenvalue weighted by Gasteiger charge is -2.10. The van der Waals surface area contributed by atoms with E-state index in [2.05, 4.69) is 20.3 Å². The smallest absolute Gasteiger partial charge is 0.278 e. The highest BCUT2D eigenvalue weighted by molar-refractivity contribution is 7.73. The zero-order valence-corrected chi connectivity index (χ0v) is 13.7. The van der Waals surface area contributed by atoms with Gasteiger partial charge in [0.2, 0.25) is 10.3 Å². The summed E-state index contributed by atoms with van der Waals surface area (Å²) in [7, 11) is -2.25. The molecule has 8 nitrogen and oxygen atoms in total. The van der Waals surface area contributed by atoms with Gasteiger partial charge in [-0.05, 0) is 23.8 Å². The molecule has 1 aliphatic rings. The highest BCUT2D eigenvalue weighted by Crippen LogP contribution is 2.20. The number of pyridine rings is 1. The minimum absolute atomic E-state index is 0.00144. The van der Waals surface area contributed by atoms with Gasteiger partial charge >= 0.3 is 0 Å². The normalized spacial score (nSPS) is 13.3. The van der Waals surface area contributed by atoms with Crippen molar-refractivity contribution in [3.05, 3.63) is 60.3 Å². The maximum absolute atomic E-state index is 12.4. The van der Waals surface area contributed by atoms with Crippen LogP contribution in [-0.4, -0.2) is 34.1 Å². The number of nitrogens with one attached hydrogen (secondary N) is 1. The number of nitrogens with zero attached hydrogens (tertiary/aromatic N) is 3. The van der Waals surface area contributed by atoms with E-state index in [4.69, 9.17) is 5.73 Å². The molecule has 0 saturated heterocycles. The van der Waals surface area contributed by atoms with Crippen molar-refractivity contribution in [2.45, 2.75) is 6.42 Å². The van der Waals surface area contributed by atoms with E-state index in [1.54, 1.807) is 30.5 Å². The summed E-state index contributed by atoms with van der Waals surface area (Å²) >= 11 is 0. The second-order valence-corrected chi connectivity index (χ2v) is 6.08. The molecule has 9 heteroatoms. The predicted octanol–water partition coefficient (Wildman–Crippen LogP) is 1.10. The van der Waals surface area contributed by atoms with Gasteiger partial charge in [0.15, 0.2) is 11.5 Å². The Bertz CT molecular complexity index is 1020. The van der Waals surface area contributed by atoms with Gasteiger partial charge in [-0.15, -0.1) is 0 Å². The third-order valence-corrected chi connectivity index (χ3v) is 4.15. The van der Waals surface area contributed by atoms with Crippen LogP contribution in [0.2, 0.25) is 0 Å². The summed E-state index contributed by atoms with van der Waals surface area (Å²) in [5.74, 6) is -0.508. The topological polar surface area (TPSA) is 128 Å². The van der Waals surface area contributed by atoms with Gasteiger partial charge in [0.25, 0.3) is 5.91 Å². The SMILES string of the molecule is Nc1ncc(C2=CCC(=S(=O)=O)C=C2)nc1C(=O)Nc1cccnc1. The van der Waals surface area contributed by atoms with Gasteiger partial charge < -0.3 is 11.1 Å². The van der Waals surface area contributed by atoms with E-state index in [9.17, 15) is 13.2 Å². The van der Waals surface area contributed by atoms with Crippen molar-refractivity contribution in [3.63, 3.8) is 0 Å². The average molecular weight is 355 g/mol. The largest absolute Gasteiger partial charge is 0.382 e.